The summed E-state index contributed by atoms with van der Waals surface area (Å²) in [5.41, 5.74) is 1.16. The summed E-state index contributed by atoms with van der Waals surface area (Å²) in [4.78, 5) is 0. The van der Waals surface area contributed by atoms with Crippen LogP contribution in [0.15, 0.2) is 16.6 Å². The van der Waals surface area contributed by atoms with E-state index in [0.717, 1.165) is 16.6 Å². The van der Waals surface area contributed by atoms with Crippen LogP contribution in [0.5, 0.6) is 11.5 Å². The summed E-state index contributed by atoms with van der Waals surface area (Å²) in [5.74, 6) is 1.29. The third kappa shape index (κ3) is 6.24. The molecule has 21 heavy (non-hydrogen) atoms. The van der Waals surface area contributed by atoms with Gasteiger partial charge in [-0.15, -0.1) is 0 Å². The van der Waals surface area contributed by atoms with Gasteiger partial charge in [0, 0.05) is 12.1 Å². The van der Waals surface area contributed by atoms with E-state index in [1.54, 1.807) is 7.11 Å². The standard InChI is InChI=1S/C16H26BrNO3/c1-6-12(19)10-21-15-13(17)7-11(8-14(15)20-5)9-18-16(2,3)4/h7-8,12,18-19H,6,9-10H2,1-5H3. The number of hydrogen-bond donors (Lipinski definition) is 2. The number of rotatable bonds is 7. The Morgan fingerprint density at radius 3 is 2.52 bits per heavy atom. The van der Waals surface area contributed by atoms with E-state index < -0.39 is 6.10 Å². The molecule has 1 atom stereocenters. The predicted molar refractivity (Wildman–Crippen MR) is 89.1 cm³/mol. The minimum Gasteiger partial charge on any atom is -0.493 e. The lowest BCUT2D eigenvalue weighted by molar-refractivity contribution is 0.102. The summed E-state index contributed by atoms with van der Waals surface area (Å²) in [5, 5.41) is 13.0. The van der Waals surface area contributed by atoms with Crippen LogP contribution in [0.3, 0.4) is 0 Å². The third-order valence-corrected chi connectivity index (χ3v) is 3.59. The zero-order valence-corrected chi connectivity index (χ0v) is 15.1. The highest BCUT2D eigenvalue weighted by Crippen LogP contribution is 2.36. The smallest absolute Gasteiger partial charge is 0.175 e. The van der Waals surface area contributed by atoms with E-state index in [1.807, 2.05) is 19.1 Å². The highest BCUT2D eigenvalue weighted by atomic mass is 79.9. The van der Waals surface area contributed by atoms with Gasteiger partial charge in [-0.05, 0) is 60.8 Å². The maximum atomic E-state index is 9.61. The van der Waals surface area contributed by atoms with Gasteiger partial charge in [-0.1, -0.05) is 6.92 Å². The molecule has 2 N–H and O–H groups in total. The molecular weight excluding hydrogens is 334 g/mol. The Kier molecular flexibility index (Phi) is 6.97. The molecule has 0 fully saturated rings. The van der Waals surface area contributed by atoms with E-state index in [1.165, 1.54) is 0 Å². The molecule has 0 aliphatic heterocycles. The van der Waals surface area contributed by atoms with Crippen LogP contribution >= 0.6 is 15.9 Å². The predicted octanol–water partition coefficient (Wildman–Crippen LogP) is 3.50. The largest absolute Gasteiger partial charge is 0.493 e. The Morgan fingerprint density at radius 2 is 2.00 bits per heavy atom. The molecule has 0 spiro atoms. The molecule has 1 rings (SSSR count). The van der Waals surface area contributed by atoms with Crippen LogP contribution in [-0.2, 0) is 6.54 Å². The third-order valence-electron chi connectivity index (χ3n) is 3.00. The molecule has 4 nitrogen and oxygen atoms in total. The van der Waals surface area contributed by atoms with E-state index in [2.05, 4.69) is 42.0 Å². The average Bonchev–Trinajstić information content (AvgIpc) is 2.42. The van der Waals surface area contributed by atoms with Crippen molar-refractivity contribution in [1.29, 1.82) is 0 Å². The number of hydrogen-bond acceptors (Lipinski definition) is 4. The Labute approximate surface area is 136 Å². The summed E-state index contributed by atoms with van der Waals surface area (Å²) in [6.45, 7) is 9.30. The molecule has 5 heteroatoms. The molecule has 1 aromatic carbocycles. The number of ether oxygens (including phenoxy) is 2. The lowest BCUT2D eigenvalue weighted by Gasteiger charge is -2.21. The van der Waals surface area contributed by atoms with Gasteiger partial charge in [0.1, 0.15) is 6.61 Å². The van der Waals surface area contributed by atoms with E-state index >= 15 is 0 Å². The van der Waals surface area contributed by atoms with Crippen molar-refractivity contribution < 1.29 is 14.6 Å². The first-order valence-electron chi connectivity index (χ1n) is 7.19. The van der Waals surface area contributed by atoms with Crippen molar-refractivity contribution in [2.24, 2.45) is 0 Å². The van der Waals surface area contributed by atoms with Gasteiger partial charge in [0.2, 0.25) is 0 Å². The highest BCUT2D eigenvalue weighted by molar-refractivity contribution is 9.10. The molecule has 0 heterocycles. The van der Waals surface area contributed by atoms with Crippen LogP contribution in [-0.4, -0.2) is 30.5 Å². The zero-order chi connectivity index (χ0) is 16.0. The molecular formula is C16H26BrNO3. The molecule has 0 radical (unpaired) electrons. The molecule has 0 aliphatic carbocycles. The number of aliphatic hydroxyl groups is 1. The topological polar surface area (TPSA) is 50.7 Å². The quantitative estimate of drug-likeness (QED) is 0.782. The van der Waals surface area contributed by atoms with Crippen molar-refractivity contribution >= 4 is 15.9 Å². The van der Waals surface area contributed by atoms with Gasteiger partial charge >= 0.3 is 0 Å². The van der Waals surface area contributed by atoms with Crippen molar-refractivity contribution in [2.45, 2.75) is 52.3 Å². The summed E-state index contributed by atoms with van der Waals surface area (Å²) in [6.07, 6.45) is 0.192. The maximum Gasteiger partial charge on any atom is 0.175 e. The fraction of sp³-hybridized carbons (Fsp3) is 0.625. The van der Waals surface area contributed by atoms with Crippen molar-refractivity contribution in [3.63, 3.8) is 0 Å². The monoisotopic (exact) mass is 359 g/mol. The van der Waals surface area contributed by atoms with Gasteiger partial charge in [-0.3, -0.25) is 0 Å². The molecule has 120 valence electrons. The fourth-order valence-corrected chi connectivity index (χ4v) is 2.28. The average molecular weight is 360 g/mol. The fourth-order valence-electron chi connectivity index (χ4n) is 1.68. The van der Waals surface area contributed by atoms with E-state index in [9.17, 15) is 5.11 Å². The van der Waals surface area contributed by atoms with Crippen LogP contribution in [0.4, 0.5) is 0 Å². The molecule has 0 bridgehead atoms. The first-order valence-corrected chi connectivity index (χ1v) is 7.98. The Balaban J connectivity index is 2.86. The Bertz CT molecular complexity index is 458. The van der Waals surface area contributed by atoms with E-state index in [-0.39, 0.29) is 12.1 Å². The van der Waals surface area contributed by atoms with Crippen LogP contribution in [0.2, 0.25) is 0 Å². The lowest BCUT2D eigenvalue weighted by atomic mass is 10.1. The Hall–Kier alpha value is -0.780. The highest BCUT2D eigenvalue weighted by Gasteiger charge is 2.15. The minimum absolute atomic E-state index is 0.0557. The van der Waals surface area contributed by atoms with Gasteiger partial charge < -0.3 is 19.9 Å². The second-order valence-electron chi connectivity index (χ2n) is 6.09. The molecule has 0 saturated carbocycles. The van der Waals surface area contributed by atoms with Crippen LogP contribution in [0, 0.1) is 0 Å². The summed E-state index contributed by atoms with van der Waals surface area (Å²) < 4.78 is 11.9. The van der Waals surface area contributed by atoms with Crippen molar-refractivity contribution in [3.05, 3.63) is 22.2 Å². The summed E-state index contributed by atoms with van der Waals surface area (Å²) >= 11 is 3.52. The maximum absolute atomic E-state index is 9.61. The summed E-state index contributed by atoms with van der Waals surface area (Å²) in [7, 11) is 1.62. The molecule has 0 amide bonds. The molecule has 0 saturated heterocycles. The van der Waals surface area contributed by atoms with Crippen molar-refractivity contribution in [2.75, 3.05) is 13.7 Å². The van der Waals surface area contributed by atoms with E-state index in [4.69, 9.17) is 9.47 Å². The molecule has 0 aromatic heterocycles. The van der Waals surface area contributed by atoms with Gasteiger partial charge in [0.05, 0.1) is 17.7 Å². The number of benzene rings is 1. The summed E-state index contributed by atoms with van der Waals surface area (Å²) in [6, 6.07) is 3.96. The first-order chi connectivity index (χ1) is 9.76. The van der Waals surface area contributed by atoms with Gasteiger partial charge in [0.15, 0.2) is 11.5 Å². The number of halogens is 1. The minimum atomic E-state index is -0.469. The second kappa shape index (κ2) is 8.01. The van der Waals surface area contributed by atoms with Gasteiger partial charge in [0.25, 0.3) is 0 Å². The van der Waals surface area contributed by atoms with Crippen molar-refractivity contribution in [3.8, 4) is 11.5 Å². The lowest BCUT2D eigenvalue weighted by Crippen LogP contribution is -2.35. The van der Waals surface area contributed by atoms with Crippen LogP contribution < -0.4 is 14.8 Å². The molecule has 0 aliphatic rings. The Morgan fingerprint density at radius 1 is 1.33 bits per heavy atom. The first kappa shape index (κ1) is 18.3. The molecule has 1 aromatic rings. The number of methoxy groups -OCH3 is 1. The molecule has 1 unspecified atom stereocenters. The van der Waals surface area contributed by atoms with Gasteiger partial charge in [-0.2, -0.15) is 0 Å². The number of aliphatic hydroxyl groups excluding tert-OH is 1. The SMILES string of the molecule is CCC(O)COc1c(Br)cc(CNC(C)(C)C)cc1OC. The normalized spacial score (nSPS) is 13.1. The second-order valence-corrected chi connectivity index (χ2v) is 6.94. The zero-order valence-electron chi connectivity index (χ0n) is 13.5. The number of nitrogens with one attached hydrogen (secondary N) is 1. The van der Waals surface area contributed by atoms with Crippen LogP contribution in [0.1, 0.15) is 39.7 Å². The van der Waals surface area contributed by atoms with Crippen LogP contribution in [0.25, 0.3) is 0 Å². The van der Waals surface area contributed by atoms with Crippen molar-refractivity contribution in [1.82, 2.24) is 5.32 Å². The van der Waals surface area contributed by atoms with Gasteiger partial charge in [-0.25, -0.2) is 0 Å². The van der Waals surface area contributed by atoms with E-state index in [0.29, 0.717) is 17.9 Å².